The van der Waals surface area contributed by atoms with Gasteiger partial charge in [-0.25, -0.2) is 0 Å². The quantitative estimate of drug-likeness (QED) is 0.818. The Morgan fingerprint density at radius 2 is 2.37 bits per heavy atom. The van der Waals surface area contributed by atoms with Crippen molar-refractivity contribution >= 4 is 28.8 Å². The van der Waals surface area contributed by atoms with E-state index < -0.39 is 0 Å². The molecule has 1 fully saturated rings. The lowest BCUT2D eigenvalue weighted by atomic mass is 10.1. The molecule has 19 heavy (non-hydrogen) atoms. The van der Waals surface area contributed by atoms with Crippen LogP contribution >= 0.6 is 23.8 Å². The van der Waals surface area contributed by atoms with Gasteiger partial charge in [0.15, 0.2) is 0 Å². The number of morpholine rings is 1. The van der Waals surface area contributed by atoms with Crippen molar-refractivity contribution in [2.24, 2.45) is 5.73 Å². The average molecular weight is 301 g/mol. The summed E-state index contributed by atoms with van der Waals surface area (Å²) in [6.07, 6.45) is -0.108. The Balaban J connectivity index is 2.04. The minimum absolute atomic E-state index is 0.0462. The van der Waals surface area contributed by atoms with E-state index in [1.165, 1.54) is 0 Å². The molecule has 1 aromatic rings. The lowest BCUT2D eigenvalue weighted by molar-refractivity contribution is -0.0550. The van der Waals surface area contributed by atoms with Crippen LogP contribution in [0.1, 0.15) is 11.1 Å². The monoisotopic (exact) mass is 300 g/mol. The Kier molecular flexibility index (Phi) is 5.13. The van der Waals surface area contributed by atoms with Crippen LogP contribution in [0.25, 0.3) is 0 Å². The van der Waals surface area contributed by atoms with Gasteiger partial charge in [0.1, 0.15) is 4.99 Å². The lowest BCUT2D eigenvalue weighted by Crippen LogP contribution is -2.43. The second kappa shape index (κ2) is 6.63. The molecule has 6 heteroatoms. The summed E-state index contributed by atoms with van der Waals surface area (Å²) < 4.78 is 5.42. The molecular weight excluding hydrogens is 284 g/mol. The van der Waals surface area contributed by atoms with Crippen molar-refractivity contribution in [3.8, 4) is 0 Å². The van der Waals surface area contributed by atoms with Crippen molar-refractivity contribution < 1.29 is 9.84 Å². The Bertz CT molecular complexity index is 470. The summed E-state index contributed by atoms with van der Waals surface area (Å²) in [5.41, 5.74) is 7.38. The SMILES string of the molecule is NC(=S)c1ccc(CN2CCOC(CO)C2)c(Cl)c1. The van der Waals surface area contributed by atoms with Gasteiger partial charge in [0.05, 0.1) is 19.3 Å². The largest absolute Gasteiger partial charge is 0.394 e. The van der Waals surface area contributed by atoms with Gasteiger partial charge in [-0.15, -0.1) is 0 Å². The third-order valence-electron chi connectivity index (χ3n) is 3.16. The summed E-state index contributed by atoms with van der Waals surface area (Å²) >= 11 is 11.2. The molecule has 0 spiro atoms. The summed E-state index contributed by atoms with van der Waals surface area (Å²) in [6.45, 7) is 2.96. The van der Waals surface area contributed by atoms with Crippen molar-refractivity contribution in [3.63, 3.8) is 0 Å². The fourth-order valence-electron chi connectivity index (χ4n) is 2.10. The summed E-state index contributed by atoms with van der Waals surface area (Å²) in [5, 5.41) is 9.79. The van der Waals surface area contributed by atoms with Crippen LogP contribution in [-0.4, -0.2) is 47.4 Å². The van der Waals surface area contributed by atoms with E-state index in [2.05, 4.69) is 4.90 Å². The molecule has 0 aliphatic carbocycles. The van der Waals surface area contributed by atoms with Crippen LogP contribution < -0.4 is 5.73 Å². The summed E-state index contributed by atoms with van der Waals surface area (Å²) in [5.74, 6) is 0. The maximum Gasteiger partial charge on any atom is 0.104 e. The Labute approximate surface area is 123 Å². The molecule has 0 bridgehead atoms. The second-order valence-electron chi connectivity index (χ2n) is 4.58. The number of nitrogens with zero attached hydrogens (tertiary/aromatic N) is 1. The highest BCUT2D eigenvalue weighted by Gasteiger charge is 2.20. The van der Waals surface area contributed by atoms with Crippen LogP contribution in [0.4, 0.5) is 0 Å². The zero-order chi connectivity index (χ0) is 13.8. The maximum atomic E-state index is 9.12. The van der Waals surface area contributed by atoms with Crippen molar-refractivity contribution in [2.45, 2.75) is 12.6 Å². The highest BCUT2D eigenvalue weighted by atomic mass is 35.5. The van der Waals surface area contributed by atoms with E-state index >= 15 is 0 Å². The van der Waals surface area contributed by atoms with Crippen molar-refractivity contribution in [1.82, 2.24) is 4.90 Å². The zero-order valence-electron chi connectivity index (χ0n) is 10.5. The van der Waals surface area contributed by atoms with Crippen molar-refractivity contribution in [2.75, 3.05) is 26.3 Å². The minimum atomic E-state index is -0.108. The van der Waals surface area contributed by atoms with Crippen LogP contribution in [-0.2, 0) is 11.3 Å². The highest BCUT2D eigenvalue weighted by Crippen LogP contribution is 2.20. The first-order valence-electron chi connectivity index (χ1n) is 6.13. The van der Waals surface area contributed by atoms with Crippen LogP contribution in [0.3, 0.4) is 0 Å². The number of nitrogens with two attached hydrogens (primary N) is 1. The standard InChI is InChI=1S/C13H17ClN2O2S/c14-12-5-9(13(15)19)1-2-10(12)6-16-3-4-18-11(7-16)8-17/h1-2,5,11,17H,3-4,6-8H2,(H2,15,19). The van der Waals surface area contributed by atoms with E-state index in [9.17, 15) is 0 Å². The van der Waals surface area contributed by atoms with Gasteiger partial charge in [-0.05, 0) is 11.6 Å². The van der Waals surface area contributed by atoms with Crippen LogP contribution in [0.15, 0.2) is 18.2 Å². The van der Waals surface area contributed by atoms with Gasteiger partial charge in [-0.2, -0.15) is 0 Å². The molecular formula is C13H17ClN2O2S. The molecule has 2 rings (SSSR count). The molecule has 104 valence electrons. The molecule has 3 N–H and O–H groups in total. The number of hydrogen-bond acceptors (Lipinski definition) is 4. The summed E-state index contributed by atoms with van der Waals surface area (Å²) in [7, 11) is 0. The number of benzene rings is 1. The van der Waals surface area contributed by atoms with Crippen LogP contribution in [0.2, 0.25) is 5.02 Å². The molecule has 1 heterocycles. The molecule has 4 nitrogen and oxygen atoms in total. The third-order valence-corrected chi connectivity index (χ3v) is 3.75. The Hall–Kier alpha value is -0.720. The predicted octanol–water partition coefficient (Wildman–Crippen LogP) is 1.17. The second-order valence-corrected chi connectivity index (χ2v) is 5.43. The molecule has 1 unspecified atom stereocenters. The van der Waals surface area contributed by atoms with Gasteiger partial charge in [-0.3, -0.25) is 4.90 Å². The Morgan fingerprint density at radius 1 is 1.58 bits per heavy atom. The van der Waals surface area contributed by atoms with E-state index in [0.717, 1.165) is 24.2 Å². The predicted molar refractivity (Wildman–Crippen MR) is 79.4 cm³/mol. The lowest BCUT2D eigenvalue weighted by Gasteiger charge is -2.32. The maximum absolute atomic E-state index is 9.12. The first-order chi connectivity index (χ1) is 9.10. The fourth-order valence-corrected chi connectivity index (χ4v) is 2.47. The van der Waals surface area contributed by atoms with Crippen LogP contribution in [0, 0.1) is 0 Å². The number of aliphatic hydroxyl groups is 1. The number of hydrogen-bond donors (Lipinski definition) is 2. The van der Waals surface area contributed by atoms with Gasteiger partial charge in [0, 0.05) is 30.2 Å². The average Bonchev–Trinajstić information content (AvgIpc) is 2.41. The molecule has 0 saturated carbocycles. The topological polar surface area (TPSA) is 58.7 Å². The zero-order valence-corrected chi connectivity index (χ0v) is 12.1. The first-order valence-corrected chi connectivity index (χ1v) is 6.92. The minimum Gasteiger partial charge on any atom is -0.394 e. The normalized spacial score (nSPS) is 20.4. The van der Waals surface area contributed by atoms with Gasteiger partial charge >= 0.3 is 0 Å². The van der Waals surface area contributed by atoms with Gasteiger partial charge in [-0.1, -0.05) is 36.0 Å². The third kappa shape index (κ3) is 3.87. The molecule has 1 aliphatic heterocycles. The van der Waals surface area contributed by atoms with Gasteiger partial charge in [0.25, 0.3) is 0 Å². The van der Waals surface area contributed by atoms with Crippen LogP contribution in [0.5, 0.6) is 0 Å². The molecule has 1 aromatic carbocycles. The molecule has 0 aromatic heterocycles. The van der Waals surface area contributed by atoms with E-state index in [1.807, 2.05) is 12.1 Å². The molecule has 1 saturated heterocycles. The van der Waals surface area contributed by atoms with E-state index in [4.69, 9.17) is 39.4 Å². The van der Waals surface area contributed by atoms with E-state index in [0.29, 0.717) is 23.2 Å². The number of halogens is 1. The van der Waals surface area contributed by atoms with E-state index in [1.54, 1.807) is 6.07 Å². The molecule has 0 amide bonds. The number of ether oxygens (including phenoxy) is 1. The molecule has 1 aliphatic rings. The number of aliphatic hydroxyl groups excluding tert-OH is 1. The van der Waals surface area contributed by atoms with Crippen molar-refractivity contribution in [1.29, 1.82) is 0 Å². The van der Waals surface area contributed by atoms with Crippen molar-refractivity contribution in [3.05, 3.63) is 34.3 Å². The molecule has 0 radical (unpaired) electrons. The fraction of sp³-hybridized carbons (Fsp3) is 0.462. The smallest absolute Gasteiger partial charge is 0.104 e. The van der Waals surface area contributed by atoms with Gasteiger partial charge < -0.3 is 15.6 Å². The molecule has 1 atom stereocenters. The summed E-state index contributed by atoms with van der Waals surface area (Å²) in [4.78, 5) is 2.56. The first kappa shape index (κ1) is 14.7. The van der Waals surface area contributed by atoms with Gasteiger partial charge in [0.2, 0.25) is 0 Å². The van der Waals surface area contributed by atoms with E-state index in [-0.39, 0.29) is 12.7 Å². The number of thiocarbonyl (C=S) groups is 1. The number of rotatable bonds is 4. The Morgan fingerprint density at radius 3 is 3.00 bits per heavy atom. The summed E-state index contributed by atoms with van der Waals surface area (Å²) in [6, 6.07) is 5.62. The highest BCUT2D eigenvalue weighted by molar-refractivity contribution is 7.80.